The van der Waals surface area contributed by atoms with Crippen LogP contribution in [0.4, 0.5) is 5.69 Å². The Kier molecular flexibility index (Phi) is 4.73. The van der Waals surface area contributed by atoms with E-state index in [2.05, 4.69) is 29.9 Å². The fraction of sp³-hybridized carbons (Fsp3) is 0.385. The molecule has 0 amide bonds. The van der Waals surface area contributed by atoms with E-state index in [0.717, 1.165) is 31.7 Å². The van der Waals surface area contributed by atoms with Crippen LogP contribution in [-0.4, -0.2) is 24.5 Å². The summed E-state index contributed by atoms with van der Waals surface area (Å²) >= 11 is 0. The molecule has 80 valence electrons. The molecule has 0 aromatic heterocycles. The third kappa shape index (κ3) is 4.05. The van der Waals surface area contributed by atoms with Crippen molar-refractivity contribution in [2.24, 2.45) is 0 Å². The molecule has 2 nitrogen and oxygen atoms in total. The van der Waals surface area contributed by atoms with E-state index in [1.807, 2.05) is 12.1 Å². The SMILES string of the molecule is C#CCN(CC)CCc1ccc(N)cc1. The van der Waals surface area contributed by atoms with Crippen molar-refractivity contribution in [1.29, 1.82) is 0 Å². The van der Waals surface area contributed by atoms with Gasteiger partial charge in [-0.05, 0) is 30.7 Å². The fourth-order valence-electron chi connectivity index (χ4n) is 1.45. The Balaban J connectivity index is 2.42. The van der Waals surface area contributed by atoms with Crippen molar-refractivity contribution in [3.8, 4) is 12.3 Å². The number of hydrogen-bond acceptors (Lipinski definition) is 2. The van der Waals surface area contributed by atoms with Crippen LogP contribution in [0.15, 0.2) is 24.3 Å². The van der Waals surface area contributed by atoms with Crippen LogP contribution in [0.25, 0.3) is 0 Å². The van der Waals surface area contributed by atoms with Crippen LogP contribution in [-0.2, 0) is 6.42 Å². The first kappa shape index (κ1) is 11.6. The number of nitrogen functional groups attached to an aromatic ring is 1. The van der Waals surface area contributed by atoms with E-state index in [4.69, 9.17) is 12.2 Å². The van der Waals surface area contributed by atoms with Gasteiger partial charge in [-0.15, -0.1) is 6.42 Å². The zero-order chi connectivity index (χ0) is 11.1. The minimum Gasteiger partial charge on any atom is -0.399 e. The maximum absolute atomic E-state index is 5.62. The molecule has 0 fully saturated rings. The molecular formula is C13H18N2. The monoisotopic (exact) mass is 202 g/mol. The predicted octanol–water partition coefficient (Wildman–Crippen LogP) is 1.77. The van der Waals surface area contributed by atoms with Crippen molar-refractivity contribution < 1.29 is 0 Å². The number of rotatable bonds is 5. The lowest BCUT2D eigenvalue weighted by molar-refractivity contribution is 0.328. The lowest BCUT2D eigenvalue weighted by atomic mass is 10.1. The van der Waals surface area contributed by atoms with Crippen molar-refractivity contribution in [3.63, 3.8) is 0 Å². The first-order chi connectivity index (χ1) is 7.26. The highest BCUT2D eigenvalue weighted by Gasteiger charge is 2.00. The fourth-order valence-corrected chi connectivity index (χ4v) is 1.45. The van der Waals surface area contributed by atoms with E-state index in [0.29, 0.717) is 0 Å². The molecule has 0 atom stereocenters. The Hall–Kier alpha value is -1.46. The van der Waals surface area contributed by atoms with Crippen molar-refractivity contribution in [3.05, 3.63) is 29.8 Å². The van der Waals surface area contributed by atoms with Crippen LogP contribution >= 0.6 is 0 Å². The average molecular weight is 202 g/mol. The highest BCUT2D eigenvalue weighted by Crippen LogP contribution is 2.06. The van der Waals surface area contributed by atoms with Gasteiger partial charge in [-0.3, -0.25) is 4.90 Å². The minimum absolute atomic E-state index is 0.728. The summed E-state index contributed by atoms with van der Waals surface area (Å²) < 4.78 is 0. The molecule has 0 aliphatic rings. The van der Waals surface area contributed by atoms with Gasteiger partial charge in [0, 0.05) is 12.2 Å². The summed E-state index contributed by atoms with van der Waals surface area (Å²) in [7, 11) is 0. The molecule has 15 heavy (non-hydrogen) atoms. The third-order valence-electron chi connectivity index (χ3n) is 2.46. The molecule has 0 saturated heterocycles. The second-order valence-corrected chi connectivity index (χ2v) is 3.56. The van der Waals surface area contributed by atoms with Gasteiger partial charge >= 0.3 is 0 Å². The summed E-state index contributed by atoms with van der Waals surface area (Å²) in [6.45, 7) is 4.86. The first-order valence-electron chi connectivity index (χ1n) is 5.26. The van der Waals surface area contributed by atoms with Crippen LogP contribution < -0.4 is 5.73 Å². The van der Waals surface area contributed by atoms with Gasteiger partial charge in [0.25, 0.3) is 0 Å². The van der Waals surface area contributed by atoms with Gasteiger partial charge in [-0.2, -0.15) is 0 Å². The van der Waals surface area contributed by atoms with Crippen LogP contribution in [0.3, 0.4) is 0 Å². The van der Waals surface area contributed by atoms with Gasteiger partial charge in [0.05, 0.1) is 6.54 Å². The molecule has 0 unspecified atom stereocenters. The molecule has 0 saturated carbocycles. The predicted molar refractivity (Wildman–Crippen MR) is 65.5 cm³/mol. The molecular weight excluding hydrogens is 184 g/mol. The zero-order valence-electron chi connectivity index (χ0n) is 9.24. The highest BCUT2D eigenvalue weighted by atomic mass is 15.1. The van der Waals surface area contributed by atoms with Gasteiger partial charge in [-0.1, -0.05) is 25.0 Å². The summed E-state index contributed by atoms with van der Waals surface area (Å²) in [5.41, 5.74) is 7.74. The Morgan fingerprint density at radius 3 is 2.53 bits per heavy atom. The molecule has 1 rings (SSSR count). The van der Waals surface area contributed by atoms with E-state index in [9.17, 15) is 0 Å². The lowest BCUT2D eigenvalue weighted by Gasteiger charge is -2.16. The Labute approximate surface area is 92.1 Å². The van der Waals surface area contributed by atoms with Crippen LogP contribution in [0, 0.1) is 12.3 Å². The smallest absolute Gasteiger partial charge is 0.0598 e. The second kappa shape index (κ2) is 6.10. The van der Waals surface area contributed by atoms with E-state index in [1.54, 1.807) is 0 Å². The summed E-state index contributed by atoms with van der Waals surface area (Å²) in [6.07, 6.45) is 6.31. The molecule has 0 heterocycles. The van der Waals surface area contributed by atoms with Crippen LogP contribution in [0.5, 0.6) is 0 Å². The number of benzene rings is 1. The van der Waals surface area contributed by atoms with Gasteiger partial charge in [0.15, 0.2) is 0 Å². The van der Waals surface area contributed by atoms with E-state index in [-0.39, 0.29) is 0 Å². The largest absolute Gasteiger partial charge is 0.399 e. The number of anilines is 1. The van der Waals surface area contributed by atoms with E-state index >= 15 is 0 Å². The quantitative estimate of drug-likeness (QED) is 0.582. The lowest BCUT2D eigenvalue weighted by Crippen LogP contribution is -2.26. The van der Waals surface area contributed by atoms with Crippen molar-refractivity contribution in [2.75, 3.05) is 25.4 Å². The van der Waals surface area contributed by atoms with Gasteiger partial charge < -0.3 is 5.73 Å². The normalized spacial score (nSPS) is 10.2. The Morgan fingerprint density at radius 2 is 2.00 bits per heavy atom. The summed E-state index contributed by atoms with van der Waals surface area (Å²) in [6, 6.07) is 8.01. The van der Waals surface area contributed by atoms with Gasteiger partial charge in [0.2, 0.25) is 0 Å². The van der Waals surface area contributed by atoms with Crippen LogP contribution in [0.2, 0.25) is 0 Å². The van der Waals surface area contributed by atoms with Crippen molar-refractivity contribution in [2.45, 2.75) is 13.3 Å². The summed E-state index contributed by atoms with van der Waals surface area (Å²) in [5, 5.41) is 0. The average Bonchev–Trinajstić information content (AvgIpc) is 2.26. The molecule has 0 aliphatic carbocycles. The molecule has 1 aromatic rings. The van der Waals surface area contributed by atoms with Crippen LogP contribution in [0.1, 0.15) is 12.5 Å². The molecule has 2 N–H and O–H groups in total. The number of hydrogen-bond donors (Lipinski definition) is 1. The number of nitrogens with two attached hydrogens (primary N) is 1. The number of likely N-dealkylation sites (N-methyl/N-ethyl adjacent to an activating group) is 1. The zero-order valence-corrected chi connectivity index (χ0v) is 9.24. The molecule has 2 heteroatoms. The first-order valence-corrected chi connectivity index (χ1v) is 5.26. The maximum atomic E-state index is 5.62. The minimum atomic E-state index is 0.728. The molecule has 0 aliphatic heterocycles. The Morgan fingerprint density at radius 1 is 1.33 bits per heavy atom. The van der Waals surface area contributed by atoms with Crippen molar-refractivity contribution in [1.82, 2.24) is 4.90 Å². The number of nitrogens with zero attached hydrogens (tertiary/aromatic N) is 1. The van der Waals surface area contributed by atoms with E-state index < -0.39 is 0 Å². The van der Waals surface area contributed by atoms with Crippen molar-refractivity contribution >= 4 is 5.69 Å². The summed E-state index contributed by atoms with van der Waals surface area (Å²) in [4.78, 5) is 2.25. The van der Waals surface area contributed by atoms with E-state index in [1.165, 1.54) is 5.56 Å². The highest BCUT2D eigenvalue weighted by molar-refractivity contribution is 5.39. The topological polar surface area (TPSA) is 29.3 Å². The standard InChI is InChI=1S/C13H18N2/c1-3-10-15(4-2)11-9-12-5-7-13(14)8-6-12/h1,5-8H,4,9-11,14H2,2H3. The molecule has 0 bridgehead atoms. The maximum Gasteiger partial charge on any atom is 0.0598 e. The summed E-state index contributed by atoms with van der Waals surface area (Å²) in [5.74, 6) is 2.67. The van der Waals surface area contributed by atoms with Gasteiger partial charge in [0.1, 0.15) is 0 Å². The third-order valence-corrected chi connectivity index (χ3v) is 2.46. The Bertz CT molecular complexity index is 321. The second-order valence-electron chi connectivity index (χ2n) is 3.56. The molecule has 0 radical (unpaired) electrons. The number of terminal acetylenes is 1. The molecule has 1 aromatic carbocycles. The van der Waals surface area contributed by atoms with Gasteiger partial charge in [-0.25, -0.2) is 0 Å². The molecule has 0 spiro atoms.